The van der Waals surface area contributed by atoms with Gasteiger partial charge in [0.25, 0.3) is 5.91 Å². The zero-order valence-electron chi connectivity index (χ0n) is 11.9. The Morgan fingerprint density at radius 2 is 1.95 bits per heavy atom. The summed E-state index contributed by atoms with van der Waals surface area (Å²) in [4.78, 5) is 17.0. The van der Waals surface area contributed by atoms with Crippen molar-refractivity contribution in [3.8, 4) is 0 Å². The van der Waals surface area contributed by atoms with Crippen LogP contribution < -0.4 is 5.73 Å². The molecule has 0 spiro atoms. The summed E-state index contributed by atoms with van der Waals surface area (Å²) in [6.45, 7) is 4.14. The van der Waals surface area contributed by atoms with Crippen LogP contribution in [0.4, 0.5) is 5.69 Å². The van der Waals surface area contributed by atoms with Crippen LogP contribution in [0.15, 0.2) is 24.3 Å². The lowest BCUT2D eigenvalue weighted by atomic mass is 10.1. The van der Waals surface area contributed by atoms with Gasteiger partial charge in [-0.05, 0) is 50.6 Å². The van der Waals surface area contributed by atoms with E-state index in [0.717, 1.165) is 19.5 Å². The Bertz CT molecular complexity index is 482. The van der Waals surface area contributed by atoms with E-state index in [1.807, 2.05) is 23.1 Å². The SMILES string of the molecule is Nc1cccc(C(=O)N2CCC(N3CCCCC3)C2)c1. The predicted octanol–water partition coefficient (Wildman–Crippen LogP) is 1.97. The second kappa shape index (κ2) is 5.83. The van der Waals surface area contributed by atoms with Crippen LogP contribution >= 0.6 is 0 Å². The lowest BCUT2D eigenvalue weighted by Crippen LogP contribution is -2.41. The number of carbonyl (C=O) groups is 1. The van der Waals surface area contributed by atoms with Crippen molar-refractivity contribution in [2.24, 2.45) is 0 Å². The summed E-state index contributed by atoms with van der Waals surface area (Å²) >= 11 is 0. The van der Waals surface area contributed by atoms with Crippen LogP contribution in [0.5, 0.6) is 0 Å². The van der Waals surface area contributed by atoms with Crippen molar-refractivity contribution in [2.45, 2.75) is 31.7 Å². The first-order valence-corrected chi connectivity index (χ1v) is 7.63. The largest absolute Gasteiger partial charge is 0.399 e. The van der Waals surface area contributed by atoms with E-state index in [2.05, 4.69) is 4.90 Å². The Morgan fingerprint density at radius 1 is 1.15 bits per heavy atom. The van der Waals surface area contributed by atoms with E-state index >= 15 is 0 Å². The molecule has 1 atom stereocenters. The quantitative estimate of drug-likeness (QED) is 0.838. The second-order valence-electron chi connectivity index (χ2n) is 5.92. The number of likely N-dealkylation sites (tertiary alicyclic amines) is 2. The van der Waals surface area contributed by atoms with Crippen molar-refractivity contribution in [1.82, 2.24) is 9.80 Å². The predicted molar refractivity (Wildman–Crippen MR) is 80.6 cm³/mol. The van der Waals surface area contributed by atoms with Crippen molar-refractivity contribution in [1.29, 1.82) is 0 Å². The van der Waals surface area contributed by atoms with Crippen molar-refractivity contribution in [3.05, 3.63) is 29.8 Å². The fraction of sp³-hybridized carbons (Fsp3) is 0.562. The number of amides is 1. The zero-order valence-corrected chi connectivity index (χ0v) is 11.9. The van der Waals surface area contributed by atoms with Gasteiger partial charge in [0.1, 0.15) is 0 Å². The lowest BCUT2D eigenvalue weighted by Gasteiger charge is -2.32. The van der Waals surface area contributed by atoms with Gasteiger partial charge in [0.2, 0.25) is 0 Å². The number of hydrogen-bond donors (Lipinski definition) is 1. The second-order valence-corrected chi connectivity index (χ2v) is 5.92. The molecule has 0 aliphatic carbocycles. The third-order valence-corrected chi connectivity index (χ3v) is 4.49. The highest BCUT2D eigenvalue weighted by Gasteiger charge is 2.31. The van der Waals surface area contributed by atoms with Crippen LogP contribution in [0.25, 0.3) is 0 Å². The van der Waals surface area contributed by atoms with E-state index in [1.54, 1.807) is 6.07 Å². The molecule has 1 unspecified atom stereocenters. The minimum atomic E-state index is 0.122. The molecule has 20 heavy (non-hydrogen) atoms. The highest BCUT2D eigenvalue weighted by atomic mass is 16.2. The number of benzene rings is 1. The van der Waals surface area contributed by atoms with Crippen LogP contribution in [0.3, 0.4) is 0 Å². The molecule has 0 bridgehead atoms. The Labute approximate surface area is 120 Å². The number of anilines is 1. The topological polar surface area (TPSA) is 49.6 Å². The molecule has 2 N–H and O–H groups in total. The van der Waals surface area contributed by atoms with Crippen molar-refractivity contribution < 1.29 is 4.79 Å². The minimum absolute atomic E-state index is 0.122. The van der Waals surface area contributed by atoms with Crippen molar-refractivity contribution >= 4 is 11.6 Å². The van der Waals surface area contributed by atoms with E-state index < -0.39 is 0 Å². The molecule has 4 heteroatoms. The molecule has 0 radical (unpaired) electrons. The van der Waals surface area contributed by atoms with E-state index in [0.29, 0.717) is 17.3 Å². The van der Waals surface area contributed by atoms with Crippen molar-refractivity contribution in [3.63, 3.8) is 0 Å². The maximum atomic E-state index is 12.5. The van der Waals surface area contributed by atoms with Gasteiger partial charge in [-0.3, -0.25) is 9.69 Å². The average molecular weight is 273 g/mol. The number of piperidine rings is 1. The number of hydrogen-bond acceptors (Lipinski definition) is 3. The Hall–Kier alpha value is -1.55. The number of nitrogens with two attached hydrogens (primary N) is 1. The maximum absolute atomic E-state index is 12.5. The Morgan fingerprint density at radius 3 is 2.70 bits per heavy atom. The van der Waals surface area contributed by atoms with Gasteiger partial charge in [-0.2, -0.15) is 0 Å². The standard InChI is InChI=1S/C16H23N3O/c17-14-6-4-5-13(11-14)16(20)19-10-7-15(12-19)18-8-2-1-3-9-18/h4-6,11,15H,1-3,7-10,12,17H2. The van der Waals surface area contributed by atoms with Gasteiger partial charge in [0.05, 0.1) is 0 Å². The first kappa shape index (κ1) is 13.4. The van der Waals surface area contributed by atoms with Gasteiger partial charge < -0.3 is 10.6 Å². The lowest BCUT2D eigenvalue weighted by molar-refractivity contribution is 0.0771. The van der Waals surface area contributed by atoms with Crippen LogP contribution in [0.1, 0.15) is 36.0 Å². The van der Waals surface area contributed by atoms with Gasteiger partial charge in [0.15, 0.2) is 0 Å². The van der Waals surface area contributed by atoms with E-state index in [4.69, 9.17) is 5.73 Å². The summed E-state index contributed by atoms with van der Waals surface area (Å²) in [6, 6.07) is 7.85. The Balaban J connectivity index is 1.63. The number of nitrogen functional groups attached to an aromatic ring is 1. The summed E-state index contributed by atoms with van der Waals surface area (Å²) < 4.78 is 0. The molecule has 1 amide bonds. The average Bonchev–Trinajstić information content (AvgIpc) is 2.97. The zero-order chi connectivity index (χ0) is 13.9. The van der Waals surface area contributed by atoms with Crippen LogP contribution in [0.2, 0.25) is 0 Å². The molecule has 0 aromatic heterocycles. The first-order valence-electron chi connectivity index (χ1n) is 7.63. The summed E-state index contributed by atoms with van der Waals surface area (Å²) in [5.74, 6) is 0.122. The van der Waals surface area contributed by atoms with Crippen LogP contribution in [-0.2, 0) is 0 Å². The van der Waals surface area contributed by atoms with Gasteiger partial charge in [-0.1, -0.05) is 12.5 Å². The summed E-state index contributed by atoms with van der Waals surface area (Å²) in [7, 11) is 0. The van der Waals surface area contributed by atoms with Crippen molar-refractivity contribution in [2.75, 3.05) is 31.9 Å². The van der Waals surface area contributed by atoms with Gasteiger partial charge in [0, 0.05) is 30.4 Å². The molecule has 1 aromatic carbocycles. The van der Waals surface area contributed by atoms with E-state index in [1.165, 1.54) is 32.4 Å². The molecule has 2 saturated heterocycles. The molecule has 2 aliphatic rings. The first-order chi connectivity index (χ1) is 9.74. The molecule has 4 nitrogen and oxygen atoms in total. The van der Waals surface area contributed by atoms with Crippen LogP contribution in [0, 0.1) is 0 Å². The van der Waals surface area contributed by atoms with E-state index in [-0.39, 0.29) is 5.91 Å². The number of nitrogens with zero attached hydrogens (tertiary/aromatic N) is 2. The molecule has 0 saturated carbocycles. The molecule has 3 rings (SSSR count). The number of carbonyl (C=O) groups excluding carboxylic acids is 1. The van der Waals surface area contributed by atoms with Crippen LogP contribution in [-0.4, -0.2) is 47.9 Å². The van der Waals surface area contributed by atoms with Gasteiger partial charge >= 0.3 is 0 Å². The van der Waals surface area contributed by atoms with Gasteiger partial charge in [-0.15, -0.1) is 0 Å². The smallest absolute Gasteiger partial charge is 0.253 e. The monoisotopic (exact) mass is 273 g/mol. The molecule has 1 aromatic rings. The summed E-state index contributed by atoms with van der Waals surface area (Å²) in [6.07, 6.45) is 5.07. The molecular weight excluding hydrogens is 250 g/mol. The summed E-state index contributed by atoms with van der Waals surface area (Å²) in [5, 5.41) is 0. The molecule has 108 valence electrons. The normalized spacial score (nSPS) is 24.0. The highest BCUT2D eigenvalue weighted by molar-refractivity contribution is 5.95. The van der Waals surface area contributed by atoms with Gasteiger partial charge in [-0.25, -0.2) is 0 Å². The highest BCUT2D eigenvalue weighted by Crippen LogP contribution is 2.22. The molecular formula is C16H23N3O. The third kappa shape index (κ3) is 2.80. The third-order valence-electron chi connectivity index (χ3n) is 4.49. The molecule has 2 fully saturated rings. The summed E-state index contributed by atoms with van der Waals surface area (Å²) in [5.41, 5.74) is 7.13. The molecule has 2 aliphatic heterocycles. The molecule has 2 heterocycles. The van der Waals surface area contributed by atoms with E-state index in [9.17, 15) is 4.79 Å². The Kier molecular flexibility index (Phi) is 3.92. The fourth-order valence-electron chi connectivity index (χ4n) is 3.36. The minimum Gasteiger partial charge on any atom is -0.399 e. The number of rotatable bonds is 2. The fourth-order valence-corrected chi connectivity index (χ4v) is 3.36. The maximum Gasteiger partial charge on any atom is 0.253 e.